The molecule has 0 unspecified atom stereocenters. The summed E-state index contributed by atoms with van der Waals surface area (Å²) in [6, 6.07) is 7.63. The fourth-order valence-electron chi connectivity index (χ4n) is 1.89. The lowest BCUT2D eigenvalue weighted by Gasteiger charge is -2.07. The lowest BCUT2D eigenvalue weighted by molar-refractivity contribution is -0.385. The summed E-state index contributed by atoms with van der Waals surface area (Å²) in [5.74, 6) is 0.112. The molecular formula is C18H17ClN2O5. The summed E-state index contributed by atoms with van der Waals surface area (Å²) in [5.41, 5.74) is 0.571. The van der Waals surface area contributed by atoms with Crippen molar-refractivity contribution < 1.29 is 19.2 Å². The van der Waals surface area contributed by atoms with Crippen LogP contribution in [0.25, 0.3) is 6.08 Å². The molecule has 0 amide bonds. The number of pyridine rings is 1. The van der Waals surface area contributed by atoms with Gasteiger partial charge < -0.3 is 9.47 Å². The van der Waals surface area contributed by atoms with E-state index in [1.807, 2.05) is 6.92 Å². The molecule has 1 aromatic heterocycles. The summed E-state index contributed by atoms with van der Waals surface area (Å²) in [5, 5.41) is 10.9. The van der Waals surface area contributed by atoms with Gasteiger partial charge in [0.05, 0.1) is 16.6 Å². The lowest BCUT2D eigenvalue weighted by Crippen LogP contribution is -2.01. The Bertz CT molecular complexity index is 806. The molecule has 0 saturated carbocycles. The van der Waals surface area contributed by atoms with Crippen LogP contribution in [-0.2, 0) is 9.53 Å². The van der Waals surface area contributed by atoms with E-state index < -0.39 is 10.9 Å². The van der Waals surface area contributed by atoms with Crippen LogP contribution in [0.3, 0.4) is 0 Å². The molecular weight excluding hydrogens is 360 g/mol. The zero-order chi connectivity index (χ0) is 18.9. The number of aromatic nitrogens is 1. The predicted molar refractivity (Wildman–Crippen MR) is 97.3 cm³/mol. The molecule has 7 nitrogen and oxygen atoms in total. The lowest BCUT2D eigenvalue weighted by atomic mass is 10.2. The number of unbranched alkanes of at least 4 members (excludes halogenated alkanes) is 1. The van der Waals surface area contributed by atoms with E-state index >= 15 is 0 Å². The number of nitrogens with zero attached hydrogens (tertiary/aromatic N) is 2. The first kappa shape index (κ1) is 19.4. The van der Waals surface area contributed by atoms with Crippen molar-refractivity contribution in [1.29, 1.82) is 0 Å². The molecule has 26 heavy (non-hydrogen) atoms. The average Bonchev–Trinajstić information content (AvgIpc) is 2.62. The van der Waals surface area contributed by atoms with Gasteiger partial charge in [-0.1, -0.05) is 31.0 Å². The van der Waals surface area contributed by atoms with Gasteiger partial charge in [0.15, 0.2) is 0 Å². The molecule has 0 bridgehead atoms. The van der Waals surface area contributed by atoms with Gasteiger partial charge >= 0.3 is 5.97 Å². The maximum atomic E-state index is 11.5. The smallest absolute Gasteiger partial charge is 0.330 e. The summed E-state index contributed by atoms with van der Waals surface area (Å²) >= 11 is 6.17. The van der Waals surface area contributed by atoms with E-state index in [1.54, 1.807) is 24.3 Å². The van der Waals surface area contributed by atoms with E-state index in [1.165, 1.54) is 18.2 Å². The molecule has 0 radical (unpaired) electrons. The molecule has 0 saturated heterocycles. The highest BCUT2D eigenvalue weighted by molar-refractivity contribution is 6.32. The summed E-state index contributed by atoms with van der Waals surface area (Å²) in [7, 11) is 0. The molecule has 0 aliphatic rings. The number of rotatable bonds is 8. The first-order valence-corrected chi connectivity index (χ1v) is 8.30. The van der Waals surface area contributed by atoms with Gasteiger partial charge in [-0.3, -0.25) is 10.1 Å². The minimum Gasteiger partial charge on any atom is -0.463 e. The Morgan fingerprint density at radius 3 is 2.77 bits per heavy atom. The molecule has 8 heteroatoms. The van der Waals surface area contributed by atoms with Crippen molar-refractivity contribution in [2.75, 3.05) is 6.61 Å². The van der Waals surface area contributed by atoms with Gasteiger partial charge in [0, 0.05) is 18.2 Å². The number of hydrogen-bond acceptors (Lipinski definition) is 6. The summed E-state index contributed by atoms with van der Waals surface area (Å²) in [4.78, 5) is 25.5. The third kappa shape index (κ3) is 5.86. The number of carbonyl (C=O) groups excluding carboxylic acids is 1. The highest BCUT2D eigenvalue weighted by Gasteiger charge is 2.08. The molecule has 0 spiro atoms. The van der Waals surface area contributed by atoms with Crippen LogP contribution in [0.4, 0.5) is 5.69 Å². The topological polar surface area (TPSA) is 91.6 Å². The van der Waals surface area contributed by atoms with Crippen molar-refractivity contribution in [2.24, 2.45) is 0 Å². The van der Waals surface area contributed by atoms with Crippen LogP contribution in [0.2, 0.25) is 5.02 Å². The van der Waals surface area contributed by atoms with E-state index in [0.29, 0.717) is 22.9 Å². The molecule has 0 N–H and O–H groups in total. The Balaban J connectivity index is 2.00. The van der Waals surface area contributed by atoms with Gasteiger partial charge in [-0.2, -0.15) is 0 Å². The van der Waals surface area contributed by atoms with Gasteiger partial charge in [0.2, 0.25) is 5.88 Å². The molecule has 0 atom stereocenters. The van der Waals surface area contributed by atoms with Crippen molar-refractivity contribution in [3.63, 3.8) is 0 Å². The maximum Gasteiger partial charge on any atom is 0.330 e. The van der Waals surface area contributed by atoms with Crippen LogP contribution < -0.4 is 4.74 Å². The predicted octanol–water partition coefficient (Wildman–Crippen LogP) is 4.79. The SMILES string of the molecule is CCCCOC(=O)C=Cc1ccc(Oc2ccc([N+](=O)[O-])cn2)c(Cl)c1. The Kier molecular flexibility index (Phi) is 7.11. The summed E-state index contributed by atoms with van der Waals surface area (Å²) < 4.78 is 10.5. The number of benzene rings is 1. The van der Waals surface area contributed by atoms with Crippen LogP contribution in [0.5, 0.6) is 11.6 Å². The third-order valence-electron chi connectivity index (χ3n) is 3.26. The minimum atomic E-state index is -0.544. The highest BCUT2D eigenvalue weighted by atomic mass is 35.5. The average molecular weight is 377 g/mol. The third-order valence-corrected chi connectivity index (χ3v) is 3.55. The van der Waals surface area contributed by atoms with Crippen LogP contribution in [0.15, 0.2) is 42.6 Å². The van der Waals surface area contributed by atoms with E-state index in [2.05, 4.69) is 4.98 Å². The van der Waals surface area contributed by atoms with Crippen molar-refractivity contribution >= 4 is 29.3 Å². The van der Waals surface area contributed by atoms with Crippen molar-refractivity contribution in [2.45, 2.75) is 19.8 Å². The normalized spacial score (nSPS) is 10.7. The van der Waals surface area contributed by atoms with Crippen LogP contribution in [0, 0.1) is 10.1 Å². The Morgan fingerprint density at radius 1 is 1.35 bits per heavy atom. The Morgan fingerprint density at radius 2 is 2.15 bits per heavy atom. The van der Waals surface area contributed by atoms with E-state index in [0.717, 1.165) is 19.0 Å². The number of carbonyl (C=O) groups is 1. The molecule has 1 heterocycles. The van der Waals surface area contributed by atoms with Gasteiger partial charge in [-0.15, -0.1) is 0 Å². The standard InChI is InChI=1S/C18H17ClN2O5/c1-2-3-10-25-18(22)9-5-13-4-7-16(15(19)11-13)26-17-8-6-14(12-20-17)21(23)24/h4-9,11-12H,2-3,10H2,1H3. The van der Waals surface area contributed by atoms with Crippen LogP contribution >= 0.6 is 11.6 Å². The molecule has 136 valence electrons. The highest BCUT2D eigenvalue weighted by Crippen LogP contribution is 2.30. The first-order valence-electron chi connectivity index (χ1n) is 7.92. The molecule has 0 aliphatic carbocycles. The number of esters is 1. The van der Waals surface area contributed by atoms with Crippen LogP contribution in [0.1, 0.15) is 25.3 Å². The number of ether oxygens (including phenoxy) is 2. The zero-order valence-corrected chi connectivity index (χ0v) is 14.8. The fraction of sp³-hybridized carbons (Fsp3) is 0.222. The van der Waals surface area contributed by atoms with Gasteiger partial charge in [-0.05, 0) is 30.2 Å². The van der Waals surface area contributed by atoms with E-state index in [9.17, 15) is 14.9 Å². The second-order valence-corrected chi connectivity index (χ2v) is 5.67. The second-order valence-electron chi connectivity index (χ2n) is 5.26. The molecule has 2 rings (SSSR count). The minimum absolute atomic E-state index is 0.130. The van der Waals surface area contributed by atoms with Gasteiger partial charge in [0.1, 0.15) is 11.9 Å². The Labute approximate surface area is 155 Å². The van der Waals surface area contributed by atoms with Gasteiger partial charge in [0.25, 0.3) is 5.69 Å². The molecule has 1 aromatic carbocycles. The summed E-state index contributed by atoms with van der Waals surface area (Å²) in [6.45, 7) is 2.41. The largest absolute Gasteiger partial charge is 0.463 e. The van der Waals surface area contributed by atoms with Crippen LogP contribution in [-0.4, -0.2) is 22.5 Å². The molecule has 0 aliphatic heterocycles. The van der Waals surface area contributed by atoms with Gasteiger partial charge in [-0.25, -0.2) is 9.78 Å². The quantitative estimate of drug-likeness (QED) is 0.216. The van der Waals surface area contributed by atoms with Crippen molar-refractivity contribution in [3.05, 3.63) is 63.3 Å². The number of halogens is 1. The zero-order valence-electron chi connectivity index (χ0n) is 14.1. The summed E-state index contributed by atoms with van der Waals surface area (Å²) in [6.07, 6.45) is 5.81. The molecule has 2 aromatic rings. The second kappa shape index (κ2) is 9.53. The molecule has 0 fully saturated rings. The monoisotopic (exact) mass is 376 g/mol. The number of nitro groups is 1. The maximum absolute atomic E-state index is 11.5. The van der Waals surface area contributed by atoms with Crippen molar-refractivity contribution in [1.82, 2.24) is 4.98 Å². The Hall–Kier alpha value is -2.93. The first-order chi connectivity index (χ1) is 12.5. The fourth-order valence-corrected chi connectivity index (χ4v) is 2.11. The van der Waals surface area contributed by atoms with E-state index in [-0.39, 0.29) is 11.6 Å². The number of hydrogen-bond donors (Lipinski definition) is 0. The van der Waals surface area contributed by atoms with E-state index in [4.69, 9.17) is 21.1 Å². The van der Waals surface area contributed by atoms with Crippen molar-refractivity contribution in [3.8, 4) is 11.6 Å².